The summed E-state index contributed by atoms with van der Waals surface area (Å²) in [5.41, 5.74) is -0.174. The van der Waals surface area contributed by atoms with Crippen molar-refractivity contribution < 1.29 is 19.1 Å². The van der Waals surface area contributed by atoms with Crippen LogP contribution in [-0.2, 0) is 14.3 Å². The van der Waals surface area contributed by atoms with Crippen LogP contribution in [0.15, 0.2) is 24.3 Å². The number of benzene rings is 1. The molecular formula is C16H22N2O4. The third-order valence-electron chi connectivity index (χ3n) is 3.98. The Kier molecular flexibility index (Phi) is 5.03. The van der Waals surface area contributed by atoms with Crippen LogP contribution in [0.1, 0.15) is 19.8 Å². The van der Waals surface area contributed by atoms with Gasteiger partial charge in [-0.05, 0) is 37.6 Å². The number of anilines is 1. The summed E-state index contributed by atoms with van der Waals surface area (Å²) in [6.07, 6.45) is 0.858. The third-order valence-corrected chi connectivity index (χ3v) is 3.98. The van der Waals surface area contributed by atoms with E-state index >= 15 is 0 Å². The molecule has 0 bridgehead atoms. The van der Waals surface area contributed by atoms with E-state index in [0.717, 1.165) is 0 Å². The van der Waals surface area contributed by atoms with E-state index in [2.05, 4.69) is 5.32 Å². The number of ether oxygens (including phenoxy) is 2. The van der Waals surface area contributed by atoms with Crippen LogP contribution in [0.25, 0.3) is 0 Å². The van der Waals surface area contributed by atoms with Gasteiger partial charge in [-0.25, -0.2) is 0 Å². The summed E-state index contributed by atoms with van der Waals surface area (Å²) in [7, 11) is 3.17. The van der Waals surface area contributed by atoms with E-state index in [9.17, 15) is 9.59 Å². The van der Waals surface area contributed by atoms with Crippen molar-refractivity contribution in [1.29, 1.82) is 0 Å². The minimum atomic E-state index is -0.876. The summed E-state index contributed by atoms with van der Waals surface area (Å²) in [6.45, 7) is 2.66. The van der Waals surface area contributed by atoms with Gasteiger partial charge in [-0.1, -0.05) is 0 Å². The molecule has 1 saturated heterocycles. The SMILES string of the molecule is COCCNC(=O)[C@@]1(C)CCC(=O)N1c1ccc(OC)cc1. The fourth-order valence-corrected chi connectivity index (χ4v) is 2.68. The molecule has 1 fully saturated rings. The summed E-state index contributed by atoms with van der Waals surface area (Å²) in [6, 6.07) is 7.15. The highest BCUT2D eigenvalue weighted by atomic mass is 16.5. The number of hydrogen-bond acceptors (Lipinski definition) is 4. The maximum atomic E-state index is 12.5. The predicted molar refractivity (Wildman–Crippen MR) is 83.0 cm³/mol. The highest BCUT2D eigenvalue weighted by Crippen LogP contribution is 2.35. The van der Waals surface area contributed by atoms with Gasteiger partial charge in [0.2, 0.25) is 11.8 Å². The van der Waals surface area contributed by atoms with Crippen LogP contribution in [0.2, 0.25) is 0 Å². The van der Waals surface area contributed by atoms with Gasteiger partial charge in [-0.15, -0.1) is 0 Å². The molecule has 0 aromatic heterocycles. The van der Waals surface area contributed by atoms with Gasteiger partial charge in [0, 0.05) is 25.8 Å². The normalized spacial score (nSPS) is 21.0. The maximum Gasteiger partial charge on any atom is 0.246 e. The molecule has 0 aliphatic carbocycles. The Hall–Kier alpha value is -2.08. The van der Waals surface area contributed by atoms with E-state index < -0.39 is 5.54 Å². The van der Waals surface area contributed by atoms with Crippen molar-refractivity contribution in [3.63, 3.8) is 0 Å². The van der Waals surface area contributed by atoms with E-state index in [0.29, 0.717) is 37.4 Å². The van der Waals surface area contributed by atoms with E-state index in [4.69, 9.17) is 9.47 Å². The molecule has 1 aliphatic heterocycles. The van der Waals surface area contributed by atoms with E-state index in [-0.39, 0.29) is 11.8 Å². The number of methoxy groups -OCH3 is 2. The largest absolute Gasteiger partial charge is 0.497 e. The van der Waals surface area contributed by atoms with Crippen LogP contribution < -0.4 is 15.0 Å². The van der Waals surface area contributed by atoms with Crippen LogP contribution in [-0.4, -0.2) is 44.7 Å². The molecule has 1 aromatic rings. The molecule has 0 spiro atoms. The van der Waals surface area contributed by atoms with Gasteiger partial charge < -0.3 is 14.8 Å². The Labute approximate surface area is 130 Å². The lowest BCUT2D eigenvalue weighted by molar-refractivity contribution is -0.127. The van der Waals surface area contributed by atoms with Crippen molar-refractivity contribution in [3.05, 3.63) is 24.3 Å². The molecule has 1 N–H and O–H groups in total. The van der Waals surface area contributed by atoms with Crippen LogP contribution in [0.3, 0.4) is 0 Å². The molecule has 0 radical (unpaired) electrons. The fraction of sp³-hybridized carbons (Fsp3) is 0.500. The quantitative estimate of drug-likeness (QED) is 0.806. The highest BCUT2D eigenvalue weighted by molar-refractivity contribution is 6.06. The molecule has 22 heavy (non-hydrogen) atoms. The predicted octanol–water partition coefficient (Wildman–Crippen LogP) is 1.34. The fourth-order valence-electron chi connectivity index (χ4n) is 2.68. The Balaban J connectivity index is 2.22. The Morgan fingerprint density at radius 1 is 1.32 bits per heavy atom. The summed E-state index contributed by atoms with van der Waals surface area (Å²) < 4.78 is 10.1. The third kappa shape index (κ3) is 3.06. The van der Waals surface area contributed by atoms with Crippen LogP contribution in [0.4, 0.5) is 5.69 Å². The van der Waals surface area contributed by atoms with Gasteiger partial charge in [-0.2, -0.15) is 0 Å². The van der Waals surface area contributed by atoms with Gasteiger partial charge in [0.15, 0.2) is 0 Å². The molecule has 1 heterocycles. The van der Waals surface area contributed by atoms with Crippen molar-refractivity contribution in [2.45, 2.75) is 25.3 Å². The smallest absolute Gasteiger partial charge is 0.246 e. The summed E-state index contributed by atoms with van der Waals surface area (Å²) in [5, 5.41) is 2.83. The lowest BCUT2D eigenvalue weighted by Gasteiger charge is -2.34. The summed E-state index contributed by atoms with van der Waals surface area (Å²) in [4.78, 5) is 26.4. The molecule has 120 valence electrons. The van der Waals surface area contributed by atoms with Gasteiger partial charge in [-0.3, -0.25) is 14.5 Å². The number of nitrogens with one attached hydrogen (secondary N) is 1. The number of nitrogens with zero attached hydrogens (tertiary/aromatic N) is 1. The first-order chi connectivity index (χ1) is 10.5. The number of carbonyl (C=O) groups excluding carboxylic acids is 2. The number of rotatable bonds is 6. The zero-order valence-electron chi connectivity index (χ0n) is 13.2. The standard InChI is InChI=1S/C16H22N2O4/c1-16(15(20)17-10-11-21-2)9-8-14(19)18(16)12-4-6-13(22-3)7-5-12/h4-7H,8-11H2,1-3H3,(H,17,20)/t16-/m1/s1. The second-order valence-corrected chi connectivity index (χ2v) is 5.45. The van der Waals surface area contributed by atoms with E-state index in [1.165, 1.54) is 0 Å². The highest BCUT2D eigenvalue weighted by Gasteiger charge is 2.47. The minimum absolute atomic E-state index is 0.0467. The number of carbonyl (C=O) groups is 2. The lowest BCUT2D eigenvalue weighted by Crippen LogP contribution is -2.55. The zero-order valence-corrected chi connectivity index (χ0v) is 13.2. The first-order valence-corrected chi connectivity index (χ1v) is 7.27. The minimum Gasteiger partial charge on any atom is -0.497 e. The first kappa shape index (κ1) is 16.3. The lowest BCUT2D eigenvalue weighted by atomic mass is 9.97. The zero-order chi connectivity index (χ0) is 16.2. The van der Waals surface area contributed by atoms with Crippen molar-refractivity contribution in [3.8, 4) is 5.75 Å². The summed E-state index contributed by atoms with van der Waals surface area (Å²) >= 11 is 0. The number of amides is 2. The molecule has 2 amide bonds. The number of hydrogen-bond donors (Lipinski definition) is 1. The van der Waals surface area contributed by atoms with Crippen LogP contribution in [0, 0.1) is 0 Å². The van der Waals surface area contributed by atoms with Gasteiger partial charge >= 0.3 is 0 Å². The topological polar surface area (TPSA) is 67.9 Å². The second kappa shape index (κ2) is 6.79. The Morgan fingerprint density at radius 3 is 2.59 bits per heavy atom. The Bertz CT molecular complexity index is 544. The monoisotopic (exact) mass is 306 g/mol. The molecule has 1 atom stereocenters. The maximum absolute atomic E-state index is 12.5. The molecule has 1 aromatic carbocycles. The van der Waals surface area contributed by atoms with E-state index in [1.54, 1.807) is 50.3 Å². The first-order valence-electron chi connectivity index (χ1n) is 7.27. The molecule has 0 unspecified atom stereocenters. The molecular weight excluding hydrogens is 284 g/mol. The van der Waals surface area contributed by atoms with Crippen LogP contribution >= 0.6 is 0 Å². The van der Waals surface area contributed by atoms with Crippen molar-refractivity contribution in [1.82, 2.24) is 5.32 Å². The van der Waals surface area contributed by atoms with Gasteiger partial charge in [0.25, 0.3) is 0 Å². The summed E-state index contributed by atoms with van der Waals surface area (Å²) in [5.74, 6) is 0.502. The average Bonchev–Trinajstić information content (AvgIpc) is 2.84. The van der Waals surface area contributed by atoms with Crippen LogP contribution in [0.5, 0.6) is 5.75 Å². The van der Waals surface area contributed by atoms with E-state index in [1.807, 2.05) is 0 Å². The molecule has 1 aliphatic rings. The van der Waals surface area contributed by atoms with Gasteiger partial charge in [0.05, 0.1) is 13.7 Å². The van der Waals surface area contributed by atoms with Crippen molar-refractivity contribution >= 4 is 17.5 Å². The van der Waals surface area contributed by atoms with Crippen molar-refractivity contribution in [2.24, 2.45) is 0 Å². The van der Waals surface area contributed by atoms with Gasteiger partial charge in [0.1, 0.15) is 11.3 Å². The average molecular weight is 306 g/mol. The Morgan fingerprint density at radius 2 is 2.00 bits per heavy atom. The van der Waals surface area contributed by atoms with Crippen molar-refractivity contribution in [2.75, 3.05) is 32.3 Å². The second-order valence-electron chi connectivity index (χ2n) is 5.45. The molecule has 6 nitrogen and oxygen atoms in total. The molecule has 2 rings (SSSR count). The molecule has 6 heteroatoms. The molecule has 0 saturated carbocycles.